The van der Waals surface area contributed by atoms with E-state index in [4.69, 9.17) is 4.74 Å². The Morgan fingerprint density at radius 1 is 1.09 bits per heavy atom. The lowest BCUT2D eigenvalue weighted by molar-refractivity contribution is 0.0697. The molecule has 180 valence electrons. The van der Waals surface area contributed by atoms with Gasteiger partial charge in [0.05, 0.1) is 11.3 Å². The SMILES string of the molecule is CCCCN(CCC)c1cc(Oc2ccc(F)cc2)c(S(=O)(=O)N2CCCC2)cc1C(=O)O. The maximum absolute atomic E-state index is 13.4. The fraction of sp³-hybridized carbons (Fsp3) is 0.458. The summed E-state index contributed by atoms with van der Waals surface area (Å²) in [7, 11) is -3.97. The smallest absolute Gasteiger partial charge is 0.337 e. The molecule has 0 spiro atoms. The second kappa shape index (κ2) is 11.0. The lowest BCUT2D eigenvalue weighted by atomic mass is 10.1. The highest BCUT2D eigenvalue weighted by molar-refractivity contribution is 7.89. The lowest BCUT2D eigenvalue weighted by Crippen LogP contribution is -2.30. The molecule has 7 nitrogen and oxygen atoms in total. The molecule has 2 aromatic rings. The van der Waals surface area contributed by atoms with Crippen LogP contribution in [0.1, 0.15) is 56.3 Å². The van der Waals surface area contributed by atoms with Gasteiger partial charge in [0, 0.05) is 32.2 Å². The van der Waals surface area contributed by atoms with Gasteiger partial charge in [0.25, 0.3) is 0 Å². The zero-order chi connectivity index (χ0) is 24.0. The number of hydrogen-bond acceptors (Lipinski definition) is 5. The van der Waals surface area contributed by atoms with E-state index in [1.807, 2.05) is 11.8 Å². The van der Waals surface area contributed by atoms with E-state index in [1.165, 1.54) is 40.7 Å². The summed E-state index contributed by atoms with van der Waals surface area (Å²) < 4.78 is 47.5. The summed E-state index contributed by atoms with van der Waals surface area (Å²) in [6.07, 6.45) is 4.09. The maximum Gasteiger partial charge on any atom is 0.337 e. The van der Waals surface area contributed by atoms with Gasteiger partial charge in [0.1, 0.15) is 22.2 Å². The molecule has 1 aliphatic rings. The van der Waals surface area contributed by atoms with Crippen LogP contribution in [0, 0.1) is 5.82 Å². The van der Waals surface area contributed by atoms with Crippen LogP contribution in [0.4, 0.5) is 10.1 Å². The van der Waals surface area contributed by atoms with Crippen molar-refractivity contribution < 1.29 is 27.4 Å². The Kier molecular flexibility index (Phi) is 8.31. The van der Waals surface area contributed by atoms with Gasteiger partial charge in [-0.15, -0.1) is 0 Å². The van der Waals surface area contributed by atoms with Crippen LogP contribution in [-0.2, 0) is 10.0 Å². The van der Waals surface area contributed by atoms with Crippen molar-refractivity contribution in [2.75, 3.05) is 31.1 Å². The summed E-state index contributed by atoms with van der Waals surface area (Å²) >= 11 is 0. The van der Waals surface area contributed by atoms with Crippen molar-refractivity contribution in [3.8, 4) is 11.5 Å². The number of unbranched alkanes of at least 4 members (excludes halogenated alkanes) is 1. The van der Waals surface area contributed by atoms with Crippen LogP contribution in [0.15, 0.2) is 41.3 Å². The number of anilines is 1. The molecule has 0 saturated carbocycles. The first-order valence-electron chi connectivity index (χ1n) is 11.4. The van der Waals surface area contributed by atoms with Gasteiger partial charge >= 0.3 is 5.97 Å². The summed E-state index contributed by atoms with van der Waals surface area (Å²) in [6, 6.07) is 7.97. The molecule has 1 saturated heterocycles. The minimum atomic E-state index is -3.97. The molecule has 33 heavy (non-hydrogen) atoms. The largest absolute Gasteiger partial charge is 0.478 e. The first-order valence-corrected chi connectivity index (χ1v) is 12.8. The van der Waals surface area contributed by atoms with Gasteiger partial charge < -0.3 is 14.7 Å². The number of carbonyl (C=O) groups is 1. The number of aromatic carboxylic acids is 1. The summed E-state index contributed by atoms with van der Waals surface area (Å²) in [5.74, 6) is -1.35. The Morgan fingerprint density at radius 3 is 2.33 bits per heavy atom. The number of nitrogens with zero attached hydrogens (tertiary/aromatic N) is 2. The quantitative estimate of drug-likeness (QED) is 0.483. The van der Waals surface area contributed by atoms with Crippen LogP contribution in [0.3, 0.4) is 0 Å². The van der Waals surface area contributed by atoms with E-state index in [0.717, 1.165) is 32.1 Å². The third-order valence-electron chi connectivity index (χ3n) is 5.63. The van der Waals surface area contributed by atoms with Crippen LogP contribution < -0.4 is 9.64 Å². The summed E-state index contributed by atoms with van der Waals surface area (Å²) in [5, 5.41) is 9.96. The van der Waals surface area contributed by atoms with Crippen LogP contribution >= 0.6 is 0 Å². The van der Waals surface area contributed by atoms with E-state index >= 15 is 0 Å². The van der Waals surface area contributed by atoms with Gasteiger partial charge in [-0.3, -0.25) is 0 Å². The Labute approximate surface area is 194 Å². The standard InChI is InChI=1S/C24H31FN2O5S/c1-3-5-13-26(12-4-2)21-17-22(32-19-10-8-18(25)9-11-19)23(16-20(21)24(28)29)33(30,31)27-14-6-7-15-27/h8-11,16-17H,3-7,12-15H2,1-2H3,(H,28,29). The molecule has 0 amide bonds. The number of sulfonamides is 1. The normalized spacial score (nSPS) is 14.4. The second-order valence-electron chi connectivity index (χ2n) is 8.13. The minimum Gasteiger partial charge on any atom is -0.478 e. The molecule has 0 aromatic heterocycles. The van der Waals surface area contributed by atoms with Crippen LogP contribution in [0.25, 0.3) is 0 Å². The Balaban J connectivity index is 2.18. The second-order valence-corrected chi connectivity index (χ2v) is 10.0. The molecule has 0 radical (unpaired) electrons. The molecular weight excluding hydrogens is 447 g/mol. The molecule has 0 bridgehead atoms. The molecule has 3 rings (SSSR count). The third-order valence-corrected chi connectivity index (χ3v) is 7.55. The molecule has 0 atom stereocenters. The van der Waals surface area contributed by atoms with Crippen molar-refractivity contribution in [1.29, 1.82) is 0 Å². The van der Waals surface area contributed by atoms with Crippen molar-refractivity contribution in [1.82, 2.24) is 4.31 Å². The van der Waals surface area contributed by atoms with Gasteiger partial charge in [-0.05, 0) is 56.0 Å². The monoisotopic (exact) mass is 478 g/mol. The number of rotatable bonds is 11. The fourth-order valence-electron chi connectivity index (χ4n) is 3.93. The first kappa shape index (κ1) is 25.0. The topological polar surface area (TPSA) is 87.2 Å². The van der Waals surface area contributed by atoms with Gasteiger partial charge in [0.15, 0.2) is 0 Å². The van der Waals surface area contributed by atoms with E-state index in [2.05, 4.69) is 6.92 Å². The van der Waals surface area contributed by atoms with Gasteiger partial charge in [0.2, 0.25) is 10.0 Å². The number of benzene rings is 2. The minimum absolute atomic E-state index is 0.0334. The van der Waals surface area contributed by atoms with E-state index in [9.17, 15) is 22.7 Å². The van der Waals surface area contributed by atoms with Gasteiger partial charge in [-0.2, -0.15) is 4.31 Å². The van der Waals surface area contributed by atoms with Crippen molar-refractivity contribution >= 4 is 21.7 Å². The highest BCUT2D eigenvalue weighted by atomic mass is 32.2. The van der Waals surface area contributed by atoms with Crippen LogP contribution in [-0.4, -0.2) is 50.0 Å². The van der Waals surface area contributed by atoms with Gasteiger partial charge in [-0.1, -0.05) is 20.3 Å². The fourth-order valence-corrected chi connectivity index (χ4v) is 5.57. The van der Waals surface area contributed by atoms with Crippen molar-refractivity contribution in [2.24, 2.45) is 0 Å². The van der Waals surface area contributed by atoms with E-state index in [0.29, 0.717) is 31.9 Å². The number of hydrogen-bond donors (Lipinski definition) is 1. The highest BCUT2D eigenvalue weighted by Gasteiger charge is 2.33. The van der Waals surface area contributed by atoms with Crippen LogP contribution in [0.2, 0.25) is 0 Å². The maximum atomic E-state index is 13.4. The average molecular weight is 479 g/mol. The number of halogens is 1. The van der Waals surface area contributed by atoms with Gasteiger partial charge in [-0.25, -0.2) is 17.6 Å². The number of ether oxygens (including phenoxy) is 1. The lowest BCUT2D eigenvalue weighted by Gasteiger charge is -2.28. The van der Waals surface area contributed by atoms with Crippen molar-refractivity contribution in [3.63, 3.8) is 0 Å². The Hall–Kier alpha value is -2.65. The molecule has 1 heterocycles. The molecule has 2 aromatic carbocycles. The zero-order valence-electron chi connectivity index (χ0n) is 19.1. The van der Waals surface area contributed by atoms with E-state index in [1.54, 1.807) is 0 Å². The van der Waals surface area contributed by atoms with E-state index in [-0.39, 0.29) is 22.0 Å². The Bertz CT molecular complexity index is 1070. The molecule has 0 unspecified atom stereocenters. The Morgan fingerprint density at radius 2 is 1.76 bits per heavy atom. The predicted octanol–water partition coefficient (Wildman–Crippen LogP) is 5.12. The summed E-state index contributed by atoms with van der Waals surface area (Å²) in [4.78, 5) is 14.0. The number of carboxylic acid groups (broad SMARTS) is 1. The first-order chi connectivity index (χ1) is 15.8. The van der Waals surface area contributed by atoms with E-state index < -0.39 is 21.8 Å². The molecule has 1 aliphatic heterocycles. The molecular formula is C24H31FN2O5S. The molecule has 1 fully saturated rings. The third kappa shape index (κ3) is 5.83. The zero-order valence-corrected chi connectivity index (χ0v) is 19.9. The van der Waals surface area contributed by atoms with Crippen LogP contribution in [0.5, 0.6) is 11.5 Å². The predicted molar refractivity (Wildman–Crippen MR) is 125 cm³/mol. The summed E-state index contributed by atoms with van der Waals surface area (Å²) in [5.41, 5.74) is 0.332. The van der Waals surface area contributed by atoms with Crippen molar-refractivity contribution in [3.05, 3.63) is 47.8 Å². The average Bonchev–Trinajstić information content (AvgIpc) is 3.33. The molecule has 0 aliphatic carbocycles. The highest BCUT2D eigenvalue weighted by Crippen LogP contribution is 2.38. The summed E-state index contributed by atoms with van der Waals surface area (Å²) in [6.45, 7) is 6.06. The molecule has 1 N–H and O–H groups in total. The number of carboxylic acids is 1. The van der Waals surface area contributed by atoms with Crippen molar-refractivity contribution in [2.45, 2.75) is 50.8 Å². The molecule has 9 heteroatoms.